The normalized spacial score (nSPS) is 14.8. The molecule has 0 bridgehead atoms. The average molecular weight is 542 g/mol. The average Bonchev–Trinajstić information content (AvgIpc) is 3.42. The summed E-state index contributed by atoms with van der Waals surface area (Å²) in [5.41, 5.74) is 3.61. The number of aromatic nitrogens is 1. The van der Waals surface area contributed by atoms with Gasteiger partial charge in [0.2, 0.25) is 0 Å². The molecule has 1 aliphatic heterocycles. The smallest absolute Gasteiger partial charge is 0.272 e. The minimum atomic E-state index is -0.548. The molecule has 1 aromatic heterocycles. The number of nitrogens with zero attached hydrogens (tertiary/aromatic N) is 3. The Hall–Kier alpha value is -4.34. The number of methoxy groups -OCH3 is 2. The number of para-hydroxylation sites is 1. The van der Waals surface area contributed by atoms with Crippen LogP contribution in [0.5, 0.6) is 11.5 Å². The van der Waals surface area contributed by atoms with Gasteiger partial charge in [-0.15, -0.1) is 11.3 Å². The van der Waals surface area contributed by atoms with Crippen molar-refractivity contribution in [2.75, 3.05) is 24.0 Å². The molecule has 3 aromatic carbocycles. The van der Waals surface area contributed by atoms with E-state index in [1.165, 1.54) is 28.2 Å². The number of ether oxygens (including phenoxy) is 2. The first kappa shape index (κ1) is 25.3. The lowest BCUT2D eigenvalue weighted by molar-refractivity contribution is -0.120. The van der Waals surface area contributed by atoms with Crippen molar-refractivity contribution < 1.29 is 19.1 Å². The number of carbonyl (C=O) groups excluding carboxylic acids is 2. The molecule has 190 valence electrons. The lowest BCUT2D eigenvalue weighted by Crippen LogP contribution is -2.57. The maximum absolute atomic E-state index is 13.9. The number of thiazole rings is 1. The van der Waals surface area contributed by atoms with Gasteiger partial charge >= 0.3 is 0 Å². The zero-order valence-electron chi connectivity index (χ0n) is 20.9. The minimum Gasteiger partial charge on any atom is -0.493 e. The summed E-state index contributed by atoms with van der Waals surface area (Å²) in [6, 6.07) is 22.2. The standard InChI is InChI=1S/C29H23N3O4S2/c1-18-9-7-8-12-23(18)31-26(33)21(15-19-13-14-24(35-2)25(16-19)36-3)27(34)32(29(31)37)28-30-22(17-38-28)20-10-5-4-6-11-20/h4-17H,1-3H3/b21-15-. The van der Waals surface area contributed by atoms with E-state index < -0.39 is 11.8 Å². The van der Waals surface area contributed by atoms with Crippen LogP contribution >= 0.6 is 23.6 Å². The van der Waals surface area contributed by atoms with Gasteiger partial charge in [0.1, 0.15) is 5.57 Å². The molecule has 0 radical (unpaired) electrons. The number of amides is 2. The van der Waals surface area contributed by atoms with Gasteiger partial charge in [0.05, 0.1) is 25.6 Å². The van der Waals surface area contributed by atoms with Crippen LogP contribution < -0.4 is 19.3 Å². The Morgan fingerprint density at radius 1 is 0.868 bits per heavy atom. The lowest BCUT2D eigenvalue weighted by Gasteiger charge is -2.35. The Labute approximate surface area is 229 Å². The van der Waals surface area contributed by atoms with Crippen LogP contribution in [0.15, 0.2) is 83.7 Å². The second-order valence-electron chi connectivity index (χ2n) is 8.40. The first-order valence-corrected chi connectivity index (χ1v) is 12.9. The number of carbonyl (C=O) groups is 2. The van der Waals surface area contributed by atoms with Crippen LogP contribution in [0, 0.1) is 6.92 Å². The molecule has 0 N–H and O–H groups in total. The van der Waals surface area contributed by atoms with Crippen molar-refractivity contribution in [1.82, 2.24) is 4.98 Å². The Morgan fingerprint density at radius 2 is 1.55 bits per heavy atom. The molecule has 1 saturated heterocycles. The predicted octanol–water partition coefficient (Wildman–Crippen LogP) is 5.88. The third kappa shape index (κ3) is 4.57. The van der Waals surface area contributed by atoms with Crippen molar-refractivity contribution in [2.45, 2.75) is 6.92 Å². The molecule has 38 heavy (non-hydrogen) atoms. The van der Waals surface area contributed by atoms with Crippen LogP contribution in [0.3, 0.4) is 0 Å². The second kappa shape index (κ2) is 10.6. The number of aryl methyl sites for hydroxylation is 1. The summed E-state index contributed by atoms with van der Waals surface area (Å²) in [6.45, 7) is 1.89. The van der Waals surface area contributed by atoms with E-state index >= 15 is 0 Å². The summed E-state index contributed by atoms with van der Waals surface area (Å²) in [5, 5.41) is 2.29. The molecule has 4 aromatic rings. The monoisotopic (exact) mass is 541 g/mol. The molecule has 0 unspecified atom stereocenters. The van der Waals surface area contributed by atoms with Gasteiger partial charge in [-0.25, -0.2) is 9.88 Å². The van der Waals surface area contributed by atoms with Gasteiger partial charge in [-0.2, -0.15) is 0 Å². The summed E-state index contributed by atoms with van der Waals surface area (Å²) < 4.78 is 10.7. The van der Waals surface area contributed by atoms with Gasteiger partial charge in [0.25, 0.3) is 11.8 Å². The van der Waals surface area contributed by atoms with Gasteiger partial charge < -0.3 is 9.47 Å². The quantitative estimate of drug-likeness (QED) is 0.172. The number of thiocarbonyl (C=S) groups is 1. The summed E-state index contributed by atoms with van der Waals surface area (Å²) in [5.74, 6) is -0.0432. The van der Waals surface area contributed by atoms with E-state index in [-0.39, 0.29) is 10.7 Å². The maximum Gasteiger partial charge on any atom is 0.272 e. The minimum absolute atomic E-state index is 0.0488. The van der Waals surface area contributed by atoms with Crippen molar-refractivity contribution in [3.8, 4) is 22.8 Å². The fraction of sp³-hybridized carbons (Fsp3) is 0.103. The van der Waals surface area contributed by atoms with Crippen LogP contribution in [0.2, 0.25) is 0 Å². The van der Waals surface area contributed by atoms with Gasteiger partial charge in [0, 0.05) is 10.9 Å². The fourth-order valence-corrected chi connectivity index (χ4v) is 5.38. The van der Waals surface area contributed by atoms with Crippen molar-refractivity contribution in [2.24, 2.45) is 0 Å². The summed E-state index contributed by atoms with van der Waals surface area (Å²) in [6.07, 6.45) is 1.54. The van der Waals surface area contributed by atoms with E-state index in [4.69, 9.17) is 26.7 Å². The zero-order chi connectivity index (χ0) is 26.8. The summed E-state index contributed by atoms with van der Waals surface area (Å²) in [7, 11) is 3.07. The fourth-order valence-electron chi connectivity index (χ4n) is 4.14. The Kier molecular flexibility index (Phi) is 7.04. The largest absolute Gasteiger partial charge is 0.493 e. The Balaban J connectivity index is 1.64. The lowest BCUT2D eigenvalue weighted by atomic mass is 10.0. The topological polar surface area (TPSA) is 72.0 Å². The third-order valence-corrected chi connectivity index (χ3v) is 7.27. The Bertz CT molecular complexity index is 1580. The first-order chi connectivity index (χ1) is 18.4. The number of hydrogen-bond donors (Lipinski definition) is 0. The molecule has 2 amide bonds. The number of rotatable bonds is 6. The summed E-state index contributed by atoms with van der Waals surface area (Å²) >= 11 is 7.04. The molecule has 0 spiro atoms. The molecule has 7 nitrogen and oxygen atoms in total. The number of benzene rings is 3. The predicted molar refractivity (Wildman–Crippen MR) is 154 cm³/mol. The van der Waals surface area contributed by atoms with Crippen LogP contribution in [0.4, 0.5) is 10.8 Å². The van der Waals surface area contributed by atoms with Crippen LogP contribution in [0.25, 0.3) is 17.3 Å². The molecule has 9 heteroatoms. The molecule has 0 atom stereocenters. The highest BCUT2D eigenvalue weighted by Crippen LogP contribution is 2.35. The molecular weight excluding hydrogens is 518 g/mol. The third-order valence-electron chi connectivity index (χ3n) is 6.08. The van der Waals surface area contributed by atoms with Gasteiger partial charge in [-0.3, -0.25) is 14.5 Å². The molecule has 0 saturated carbocycles. The number of anilines is 2. The maximum atomic E-state index is 13.9. The van der Waals surface area contributed by atoms with E-state index in [2.05, 4.69) is 0 Å². The van der Waals surface area contributed by atoms with Gasteiger partial charge in [0.15, 0.2) is 21.7 Å². The molecule has 5 rings (SSSR count). The molecular formula is C29H23N3O4S2. The van der Waals surface area contributed by atoms with Crippen molar-refractivity contribution in [1.29, 1.82) is 0 Å². The van der Waals surface area contributed by atoms with E-state index in [1.54, 1.807) is 37.5 Å². The number of hydrogen-bond acceptors (Lipinski definition) is 7. The van der Waals surface area contributed by atoms with Crippen LogP contribution in [-0.2, 0) is 9.59 Å². The molecule has 1 fully saturated rings. The van der Waals surface area contributed by atoms with Crippen molar-refractivity contribution >= 4 is 57.4 Å². The highest BCUT2D eigenvalue weighted by molar-refractivity contribution is 7.81. The highest BCUT2D eigenvalue weighted by atomic mass is 32.1. The molecule has 0 aliphatic carbocycles. The molecule has 1 aliphatic rings. The Morgan fingerprint density at radius 3 is 2.26 bits per heavy atom. The first-order valence-electron chi connectivity index (χ1n) is 11.7. The van der Waals surface area contributed by atoms with Gasteiger partial charge in [-0.1, -0.05) is 54.6 Å². The molecule has 2 heterocycles. The highest BCUT2D eigenvalue weighted by Gasteiger charge is 2.42. The van der Waals surface area contributed by atoms with E-state index in [1.807, 2.05) is 60.8 Å². The summed E-state index contributed by atoms with van der Waals surface area (Å²) in [4.78, 5) is 35.1. The zero-order valence-corrected chi connectivity index (χ0v) is 22.5. The van der Waals surface area contributed by atoms with Gasteiger partial charge in [-0.05, 0) is 54.5 Å². The second-order valence-corrected chi connectivity index (χ2v) is 9.61. The van der Waals surface area contributed by atoms with E-state index in [9.17, 15) is 9.59 Å². The van der Waals surface area contributed by atoms with Crippen LogP contribution in [0.1, 0.15) is 11.1 Å². The van der Waals surface area contributed by atoms with Crippen molar-refractivity contribution in [3.63, 3.8) is 0 Å². The van der Waals surface area contributed by atoms with Crippen molar-refractivity contribution in [3.05, 3.63) is 94.9 Å². The van der Waals surface area contributed by atoms with E-state index in [0.29, 0.717) is 33.6 Å². The SMILES string of the molecule is COc1ccc(/C=C2\C(=O)N(c3nc(-c4ccccc4)cs3)C(=S)N(c3ccccc3C)C2=O)cc1OC. The van der Waals surface area contributed by atoms with E-state index in [0.717, 1.165) is 11.1 Å². The van der Waals surface area contributed by atoms with Crippen LogP contribution in [-0.4, -0.2) is 36.1 Å².